The summed E-state index contributed by atoms with van der Waals surface area (Å²) in [6, 6.07) is 9.45. The Hall–Kier alpha value is -1.08. The lowest BCUT2D eigenvalue weighted by Gasteiger charge is -2.25. The summed E-state index contributed by atoms with van der Waals surface area (Å²) in [6.07, 6.45) is 8.65. The molecule has 1 nitrogen and oxygen atoms in total. The van der Waals surface area contributed by atoms with Crippen LogP contribution in [0.5, 0.6) is 0 Å². The van der Waals surface area contributed by atoms with Crippen molar-refractivity contribution in [3.05, 3.63) is 41.5 Å². The number of hydrogen-bond donors (Lipinski definition) is 1. The van der Waals surface area contributed by atoms with Gasteiger partial charge in [0.2, 0.25) is 0 Å². The van der Waals surface area contributed by atoms with Gasteiger partial charge in [-0.25, -0.2) is 0 Å². The first-order valence-corrected chi connectivity index (χ1v) is 6.39. The highest BCUT2D eigenvalue weighted by atomic mass is 14.6. The molecular formula is C15H19N. The Kier molecular flexibility index (Phi) is 2.56. The van der Waals surface area contributed by atoms with Crippen LogP contribution in [0.25, 0.3) is 5.57 Å². The van der Waals surface area contributed by atoms with Crippen molar-refractivity contribution in [1.82, 2.24) is 0 Å². The van der Waals surface area contributed by atoms with Crippen molar-refractivity contribution in [3.8, 4) is 0 Å². The predicted octanol–water partition coefficient (Wildman–Crippen LogP) is 3.46. The lowest BCUT2D eigenvalue weighted by molar-refractivity contribution is 0.420. The number of hydrogen-bond acceptors (Lipinski definition) is 1. The molecule has 1 fully saturated rings. The number of nitrogens with two attached hydrogens (primary N) is 1. The molecule has 0 aromatic heterocycles. The van der Waals surface area contributed by atoms with Gasteiger partial charge in [-0.1, -0.05) is 36.8 Å². The zero-order valence-corrected chi connectivity index (χ0v) is 9.65. The van der Waals surface area contributed by atoms with E-state index in [1.165, 1.54) is 36.0 Å². The van der Waals surface area contributed by atoms with E-state index in [1.807, 2.05) is 0 Å². The molecule has 3 rings (SSSR count). The molecule has 0 aliphatic heterocycles. The third kappa shape index (κ3) is 1.80. The lowest BCUT2D eigenvalue weighted by Crippen LogP contribution is -2.11. The van der Waals surface area contributed by atoms with Crippen molar-refractivity contribution in [1.29, 1.82) is 0 Å². The molecule has 0 bridgehead atoms. The van der Waals surface area contributed by atoms with Crippen LogP contribution in [0.15, 0.2) is 30.3 Å². The molecule has 1 aromatic carbocycles. The molecule has 84 valence electrons. The van der Waals surface area contributed by atoms with Crippen LogP contribution in [-0.4, -0.2) is 6.04 Å². The highest BCUT2D eigenvalue weighted by Crippen LogP contribution is 2.37. The van der Waals surface area contributed by atoms with Crippen molar-refractivity contribution in [2.45, 2.75) is 44.1 Å². The van der Waals surface area contributed by atoms with E-state index in [0.717, 1.165) is 18.8 Å². The Morgan fingerprint density at radius 1 is 1.00 bits per heavy atom. The molecule has 1 aromatic rings. The number of allylic oxidation sites excluding steroid dienone is 1. The second kappa shape index (κ2) is 4.06. The van der Waals surface area contributed by atoms with Crippen molar-refractivity contribution < 1.29 is 0 Å². The Morgan fingerprint density at radius 3 is 2.25 bits per heavy atom. The monoisotopic (exact) mass is 213 g/mol. The van der Waals surface area contributed by atoms with Gasteiger partial charge in [-0.2, -0.15) is 0 Å². The van der Waals surface area contributed by atoms with Crippen LogP contribution in [0.2, 0.25) is 0 Å². The molecule has 0 heterocycles. The van der Waals surface area contributed by atoms with E-state index in [9.17, 15) is 0 Å². The standard InChI is InChI=1S/C15H19N/c16-15-9-8-14(10-15)13-6-4-12(5-7-13)11-2-1-3-11/h4-7,10-11,15H,1-3,8-9,16H2. The quantitative estimate of drug-likeness (QED) is 0.800. The number of rotatable bonds is 2. The summed E-state index contributed by atoms with van der Waals surface area (Å²) in [5.74, 6) is 0.842. The molecule has 16 heavy (non-hydrogen) atoms. The SMILES string of the molecule is NC1C=C(c2ccc(C3CCC3)cc2)CC1. The summed E-state index contributed by atoms with van der Waals surface area (Å²) in [6.45, 7) is 0. The number of benzene rings is 1. The van der Waals surface area contributed by atoms with Crippen LogP contribution < -0.4 is 5.73 Å². The molecule has 0 radical (unpaired) electrons. The van der Waals surface area contributed by atoms with E-state index < -0.39 is 0 Å². The van der Waals surface area contributed by atoms with E-state index in [-0.39, 0.29) is 6.04 Å². The first kappa shape index (κ1) is 10.1. The van der Waals surface area contributed by atoms with E-state index in [1.54, 1.807) is 0 Å². The second-order valence-corrected chi connectivity index (χ2v) is 5.14. The molecule has 1 saturated carbocycles. The molecule has 2 N–H and O–H groups in total. The van der Waals surface area contributed by atoms with Crippen LogP contribution in [0.4, 0.5) is 0 Å². The first-order valence-electron chi connectivity index (χ1n) is 6.39. The fraction of sp³-hybridized carbons (Fsp3) is 0.467. The van der Waals surface area contributed by atoms with Gasteiger partial charge in [0.1, 0.15) is 0 Å². The predicted molar refractivity (Wildman–Crippen MR) is 68.2 cm³/mol. The minimum Gasteiger partial charge on any atom is -0.324 e. The van der Waals surface area contributed by atoms with Gasteiger partial charge in [0.25, 0.3) is 0 Å². The summed E-state index contributed by atoms with van der Waals surface area (Å²) in [5, 5.41) is 0. The fourth-order valence-corrected chi connectivity index (χ4v) is 2.70. The summed E-state index contributed by atoms with van der Waals surface area (Å²) in [5.41, 5.74) is 10.2. The third-order valence-corrected chi connectivity index (χ3v) is 4.02. The molecule has 0 saturated heterocycles. The largest absolute Gasteiger partial charge is 0.324 e. The molecule has 1 unspecified atom stereocenters. The minimum atomic E-state index is 0.279. The van der Waals surface area contributed by atoms with Crippen molar-refractivity contribution >= 4 is 5.57 Å². The van der Waals surface area contributed by atoms with E-state index in [4.69, 9.17) is 5.73 Å². The van der Waals surface area contributed by atoms with Gasteiger partial charge in [-0.05, 0) is 48.3 Å². The molecule has 0 spiro atoms. The lowest BCUT2D eigenvalue weighted by atomic mass is 9.80. The van der Waals surface area contributed by atoms with Crippen molar-refractivity contribution in [2.24, 2.45) is 5.73 Å². The van der Waals surface area contributed by atoms with Crippen molar-refractivity contribution in [3.63, 3.8) is 0 Å². The van der Waals surface area contributed by atoms with E-state index in [2.05, 4.69) is 30.3 Å². The topological polar surface area (TPSA) is 26.0 Å². The maximum Gasteiger partial charge on any atom is 0.0232 e. The first-order chi connectivity index (χ1) is 7.83. The molecule has 0 amide bonds. The normalized spacial score (nSPS) is 25.3. The average Bonchev–Trinajstić information content (AvgIpc) is 2.63. The van der Waals surface area contributed by atoms with Crippen LogP contribution >= 0.6 is 0 Å². The molecule has 1 heteroatoms. The average molecular weight is 213 g/mol. The summed E-state index contributed by atoms with van der Waals surface area (Å²) in [4.78, 5) is 0. The van der Waals surface area contributed by atoms with Gasteiger partial charge in [-0.15, -0.1) is 0 Å². The smallest absolute Gasteiger partial charge is 0.0232 e. The van der Waals surface area contributed by atoms with Crippen LogP contribution in [0.3, 0.4) is 0 Å². The molecular weight excluding hydrogens is 194 g/mol. The van der Waals surface area contributed by atoms with Gasteiger partial charge in [0.05, 0.1) is 0 Å². The highest BCUT2D eigenvalue weighted by molar-refractivity contribution is 5.68. The Labute approximate surface area is 97.4 Å². The fourth-order valence-electron chi connectivity index (χ4n) is 2.70. The van der Waals surface area contributed by atoms with Crippen LogP contribution in [0, 0.1) is 0 Å². The van der Waals surface area contributed by atoms with Gasteiger partial charge < -0.3 is 5.73 Å². The second-order valence-electron chi connectivity index (χ2n) is 5.14. The highest BCUT2D eigenvalue weighted by Gasteiger charge is 2.19. The van der Waals surface area contributed by atoms with Crippen LogP contribution in [0.1, 0.15) is 49.1 Å². The minimum absolute atomic E-state index is 0.279. The van der Waals surface area contributed by atoms with Gasteiger partial charge in [-0.3, -0.25) is 0 Å². The zero-order chi connectivity index (χ0) is 11.0. The van der Waals surface area contributed by atoms with E-state index >= 15 is 0 Å². The van der Waals surface area contributed by atoms with E-state index in [0.29, 0.717) is 0 Å². The van der Waals surface area contributed by atoms with Gasteiger partial charge in [0, 0.05) is 6.04 Å². The van der Waals surface area contributed by atoms with Gasteiger partial charge >= 0.3 is 0 Å². The third-order valence-electron chi connectivity index (χ3n) is 4.02. The zero-order valence-electron chi connectivity index (χ0n) is 9.65. The Morgan fingerprint density at radius 2 is 1.75 bits per heavy atom. The molecule has 1 atom stereocenters. The summed E-state index contributed by atoms with van der Waals surface area (Å²) >= 11 is 0. The van der Waals surface area contributed by atoms with Crippen molar-refractivity contribution in [2.75, 3.05) is 0 Å². The summed E-state index contributed by atoms with van der Waals surface area (Å²) < 4.78 is 0. The van der Waals surface area contributed by atoms with Gasteiger partial charge in [0.15, 0.2) is 0 Å². The summed E-state index contributed by atoms with van der Waals surface area (Å²) in [7, 11) is 0. The van der Waals surface area contributed by atoms with Crippen LogP contribution in [-0.2, 0) is 0 Å². The Bertz CT molecular complexity index is 398. The maximum atomic E-state index is 5.89. The molecule has 2 aliphatic rings. The maximum absolute atomic E-state index is 5.89. The Balaban J connectivity index is 1.79. The molecule has 2 aliphatic carbocycles.